The Labute approximate surface area is 157 Å². The van der Waals surface area contributed by atoms with Crippen LogP contribution in [0.1, 0.15) is 21.7 Å². The van der Waals surface area contributed by atoms with Crippen LogP contribution in [0.2, 0.25) is 0 Å². The molecule has 0 fully saturated rings. The molecule has 0 aliphatic heterocycles. The number of benzene rings is 3. The minimum absolute atomic E-state index is 0.195. The normalized spacial score (nSPS) is 10.7. The molecule has 0 saturated heterocycles. The van der Waals surface area contributed by atoms with Crippen molar-refractivity contribution in [2.45, 2.75) is 13.2 Å². The Bertz CT molecular complexity index is 1020. The van der Waals surface area contributed by atoms with Gasteiger partial charge in [-0.05, 0) is 29.8 Å². The zero-order valence-corrected chi connectivity index (χ0v) is 14.7. The molecule has 4 aromatic rings. The molecule has 0 unspecified atom stereocenters. The highest BCUT2D eigenvalue weighted by atomic mass is 16.5. The third-order valence-corrected chi connectivity index (χ3v) is 4.22. The number of nitrogens with one attached hydrogen (secondary N) is 2. The van der Waals surface area contributed by atoms with Crippen LogP contribution in [0.15, 0.2) is 78.9 Å². The van der Waals surface area contributed by atoms with E-state index >= 15 is 0 Å². The van der Waals surface area contributed by atoms with E-state index in [0.29, 0.717) is 30.3 Å². The summed E-state index contributed by atoms with van der Waals surface area (Å²) in [5, 5.41) is 2.90. The van der Waals surface area contributed by atoms with Crippen molar-refractivity contribution in [3.8, 4) is 5.75 Å². The van der Waals surface area contributed by atoms with Crippen LogP contribution in [0.5, 0.6) is 5.75 Å². The highest BCUT2D eigenvalue weighted by molar-refractivity contribution is 5.96. The summed E-state index contributed by atoms with van der Waals surface area (Å²) in [5.74, 6) is 1.08. The molecule has 0 atom stereocenters. The fraction of sp³-hybridized carbons (Fsp3) is 0.0909. The summed E-state index contributed by atoms with van der Waals surface area (Å²) in [7, 11) is 0. The molecular weight excluding hydrogens is 338 g/mol. The van der Waals surface area contributed by atoms with Crippen LogP contribution in [0.4, 0.5) is 0 Å². The van der Waals surface area contributed by atoms with Gasteiger partial charge in [0.1, 0.15) is 18.2 Å². The topological polar surface area (TPSA) is 67.0 Å². The van der Waals surface area contributed by atoms with E-state index in [0.717, 1.165) is 16.6 Å². The number of carbonyl (C=O) groups is 1. The zero-order valence-electron chi connectivity index (χ0n) is 14.7. The summed E-state index contributed by atoms with van der Waals surface area (Å²) in [6.45, 7) is 0.731. The number of hydrogen-bond donors (Lipinski definition) is 2. The highest BCUT2D eigenvalue weighted by Crippen LogP contribution is 2.19. The molecule has 4 rings (SSSR count). The van der Waals surface area contributed by atoms with Crippen molar-refractivity contribution in [1.82, 2.24) is 15.3 Å². The molecule has 0 bridgehead atoms. The van der Waals surface area contributed by atoms with E-state index in [2.05, 4.69) is 15.3 Å². The van der Waals surface area contributed by atoms with Gasteiger partial charge >= 0.3 is 0 Å². The number of amides is 1. The molecule has 1 amide bonds. The van der Waals surface area contributed by atoms with Gasteiger partial charge in [0.05, 0.1) is 23.1 Å². The monoisotopic (exact) mass is 357 g/mol. The lowest BCUT2D eigenvalue weighted by Crippen LogP contribution is -2.24. The number of nitrogens with zero attached hydrogens (tertiary/aromatic N) is 1. The molecule has 5 nitrogen and oxygen atoms in total. The first-order valence-electron chi connectivity index (χ1n) is 8.77. The molecular formula is C22H19N3O2. The van der Waals surface area contributed by atoms with Gasteiger partial charge in [-0.25, -0.2) is 4.98 Å². The van der Waals surface area contributed by atoms with Gasteiger partial charge in [-0.3, -0.25) is 4.79 Å². The second-order valence-electron chi connectivity index (χ2n) is 6.15. The van der Waals surface area contributed by atoms with E-state index in [1.165, 1.54) is 0 Å². The van der Waals surface area contributed by atoms with Gasteiger partial charge in [0, 0.05) is 0 Å². The van der Waals surface area contributed by atoms with Crippen molar-refractivity contribution in [3.63, 3.8) is 0 Å². The van der Waals surface area contributed by atoms with Gasteiger partial charge in [-0.2, -0.15) is 0 Å². The first-order valence-corrected chi connectivity index (χ1v) is 8.77. The SMILES string of the molecule is O=C(NCc1nc2ccccc2[nH]1)c1ccccc1OCc1ccccc1. The largest absolute Gasteiger partial charge is 0.488 e. The maximum atomic E-state index is 12.6. The van der Waals surface area contributed by atoms with Crippen LogP contribution in [-0.2, 0) is 13.2 Å². The van der Waals surface area contributed by atoms with Gasteiger partial charge in [0.2, 0.25) is 0 Å². The third kappa shape index (κ3) is 3.98. The van der Waals surface area contributed by atoms with E-state index in [1.54, 1.807) is 12.1 Å². The number of fused-ring (bicyclic) bond motifs is 1. The van der Waals surface area contributed by atoms with E-state index in [1.807, 2.05) is 66.7 Å². The number of rotatable bonds is 6. The molecule has 2 N–H and O–H groups in total. The molecule has 1 heterocycles. The lowest BCUT2D eigenvalue weighted by molar-refractivity contribution is 0.0945. The fourth-order valence-electron chi connectivity index (χ4n) is 2.86. The van der Waals surface area contributed by atoms with Crippen molar-refractivity contribution in [2.75, 3.05) is 0 Å². The lowest BCUT2D eigenvalue weighted by Gasteiger charge is -2.11. The number of carbonyl (C=O) groups excluding carboxylic acids is 1. The Balaban J connectivity index is 1.43. The summed E-state index contributed by atoms with van der Waals surface area (Å²) >= 11 is 0. The lowest BCUT2D eigenvalue weighted by atomic mass is 10.2. The average Bonchev–Trinajstić information content (AvgIpc) is 3.14. The van der Waals surface area contributed by atoms with Crippen LogP contribution >= 0.6 is 0 Å². The van der Waals surface area contributed by atoms with Gasteiger partial charge in [-0.15, -0.1) is 0 Å². The number of para-hydroxylation sites is 3. The van der Waals surface area contributed by atoms with E-state index in [9.17, 15) is 4.79 Å². The Kier molecular flexibility index (Phi) is 4.83. The summed E-state index contributed by atoms with van der Waals surface area (Å²) in [6, 6.07) is 24.9. The smallest absolute Gasteiger partial charge is 0.255 e. The second kappa shape index (κ2) is 7.74. The van der Waals surface area contributed by atoms with Crippen LogP contribution < -0.4 is 10.1 Å². The predicted molar refractivity (Wildman–Crippen MR) is 104 cm³/mol. The van der Waals surface area contributed by atoms with Gasteiger partial charge < -0.3 is 15.0 Å². The quantitative estimate of drug-likeness (QED) is 0.547. The molecule has 134 valence electrons. The van der Waals surface area contributed by atoms with E-state index in [4.69, 9.17) is 4.74 Å². The van der Waals surface area contributed by atoms with Gasteiger partial charge in [-0.1, -0.05) is 54.6 Å². The molecule has 0 radical (unpaired) electrons. The number of imidazole rings is 1. The molecule has 0 saturated carbocycles. The van der Waals surface area contributed by atoms with Crippen molar-refractivity contribution < 1.29 is 9.53 Å². The van der Waals surface area contributed by atoms with Crippen LogP contribution in [-0.4, -0.2) is 15.9 Å². The molecule has 27 heavy (non-hydrogen) atoms. The van der Waals surface area contributed by atoms with Crippen molar-refractivity contribution >= 4 is 16.9 Å². The van der Waals surface area contributed by atoms with Crippen LogP contribution in [0.3, 0.4) is 0 Å². The van der Waals surface area contributed by atoms with Crippen molar-refractivity contribution in [2.24, 2.45) is 0 Å². The summed E-state index contributed by atoms with van der Waals surface area (Å²) in [5.41, 5.74) is 3.39. The summed E-state index contributed by atoms with van der Waals surface area (Å²) < 4.78 is 5.86. The first kappa shape index (κ1) is 16.8. The molecule has 5 heteroatoms. The first-order chi connectivity index (χ1) is 13.3. The zero-order chi connectivity index (χ0) is 18.5. The molecule has 0 spiro atoms. The fourth-order valence-corrected chi connectivity index (χ4v) is 2.86. The molecule has 0 aliphatic rings. The number of hydrogen-bond acceptors (Lipinski definition) is 3. The predicted octanol–water partition coefficient (Wildman–Crippen LogP) is 4.07. The Hall–Kier alpha value is -3.60. The van der Waals surface area contributed by atoms with Crippen molar-refractivity contribution in [1.29, 1.82) is 0 Å². The molecule has 3 aromatic carbocycles. The van der Waals surface area contributed by atoms with E-state index in [-0.39, 0.29) is 5.91 Å². The third-order valence-electron chi connectivity index (χ3n) is 4.22. The standard InChI is InChI=1S/C22H19N3O2/c26-22(23-14-21-24-18-11-5-6-12-19(18)25-21)17-10-4-7-13-20(17)27-15-16-8-2-1-3-9-16/h1-13H,14-15H2,(H,23,26)(H,24,25). The Morgan fingerprint density at radius 2 is 1.67 bits per heavy atom. The summed E-state index contributed by atoms with van der Waals surface area (Å²) in [6.07, 6.45) is 0. The Morgan fingerprint density at radius 1 is 0.926 bits per heavy atom. The number of aromatic amines is 1. The average molecular weight is 357 g/mol. The number of ether oxygens (including phenoxy) is 1. The van der Waals surface area contributed by atoms with Crippen LogP contribution in [0.25, 0.3) is 11.0 Å². The maximum absolute atomic E-state index is 12.6. The molecule has 1 aromatic heterocycles. The Morgan fingerprint density at radius 3 is 2.52 bits per heavy atom. The minimum atomic E-state index is -0.195. The van der Waals surface area contributed by atoms with Gasteiger partial charge in [0.25, 0.3) is 5.91 Å². The molecule has 0 aliphatic carbocycles. The number of H-pyrrole nitrogens is 1. The van der Waals surface area contributed by atoms with E-state index < -0.39 is 0 Å². The van der Waals surface area contributed by atoms with Crippen LogP contribution in [0, 0.1) is 0 Å². The highest BCUT2D eigenvalue weighted by Gasteiger charge is 2.13. The minimum Gasteiger partial charge on any atom is -0.488 e. The van der Waals surface area contributed by atoms with Crippen molar-refractivity contribution in [3.05, 3.63) is 95.8 Å². The second-order valence-corrected chi connectivity index (χ2v) is 6.15. The number of aromatic nitrogens is 2. The van der Waals surface area contributed by atoms with Gasteiger partial charge in [0.15, 0.2) is 0 Å². The summed E-state index contributed by atoms with van der Waals surface area (Å²) in [4.78, 5) is 20.3. The maximum Gasteiger partial charge on any atom is 0.255 e.